The normalized spacial score (nSPS) is 12.6. The third-order valence-electron chi connectivity index (χ3n) is 2.73. The van der Waals surface area contributed by atoms with Gasteiger partial charge in [0.05, 0.1) is 6.61 Å². The van der Waals surface area contributed by atoms with Crippen LogP contribution in [0.15, 0.2) is 46.3 Å². The molecule has 18 heavy (non-hydrogen) atoms. The largest absolute Gasteiger partial charge is 0.395 e. The number of aliphatic hydroxyl groups is 1. The first-order chi connectivity index (χ1) is 8.78. The molecule has 0 fully saturated rings. The molecule has 2 N–H and O–H groups in total. The predicted molar refractivity (Wildman–Crippen MR) is 79.9 cm³/mol. The smallest absolute Gasteiger partial charge is 0.0587 e. The lowest BCUT2D eigenvalue weighted by molar-refractivity contribution is 0.241. The molecular weight excluding hydrogens is 310 g/mol. The van der Waals surface area contributed by atoms with Gasteiger partial charge >= 0.3 is 0 Å². The van der Waals surface area contributed by atoms with E-state index in [1.807, 2.05) is 18.2 Å². The van der Waals surface area contributed by atoms with E-state index in [1.54, 1.807) is 11.3 Å². The minimum Gasteiger partial charge on any atom is -0.395 e. The summed E-state index contributed by atoms with van der Waals surface area (Å²) >= 11 is 5.16. The van der Waals surface area contributed by atoms with Gasteiger partial charge in [-0.2, -0.15) is 0 Å². The zero-order valence-corrected chi connectivity index (χ0v) is 12.4. The maximum Gasteiger partial charge on any atom is 0.0587 e. The Labute approximate surface area is 120 Å². The molecule has 1 unspecified atom stereocenters. The molecule has 0 bridgehead atoms. The lowest BCUT2D eigenvalue weighted by Crippen LogP contribution is -2.33. The molecule has 1 heterocycles. The van der Waals surface area contributed by atoms with Gasteiger partial charge in [0.25, 0.3) is 0 Å². The van der Waals surface area contributed by atoms with Crippen LogP contribution in [0.4, 0.5) is 0 Å². The number of halogens is 1. The van der Waals surface area contributed by atoms with Gasteiger partial charge in [-0.3, -0.25) is 0 Å². The van der Waals surface area contributed by atoms with Crippen LogP contribution in [0.2, 0.25) is 0 Å². The first-order valence-corrected chi connectivity index (χ1v) is 7.56. The van der Waals surface area contributed by atoms with Crippen LogP contribution in [-0.2, 0) is 13.0 Å². The molecule has 0 aliphatic heterocycles. The van der Waals surface area contributed by atoms with E-state index in [0.717, 1.165) is 17.4 Å². The van der Waals surface area contributed by atoms with Crippen molar-refractivity contribution in [2.75, 3.05) is 6.61 Å². The quantitative estimate of drug-likeness (QED) is 0.854. The van der Waals surface area contributed by atoms with Crippen molar-refractivity contribution in [3.63, 3.8) is 0 Å². The van der Waals surface area contributed by atoms with Gasteiger partial charge < -0.3 is 10.4 Å². The van der Waals surface area contributed by atoms with Gasteiger partial charge in [0.15, 0.2) is 0 Å². The summed E-state index contributed by atoms with van der Waals surface area (Å²) in [4.78, 5) is 1.27. The summed E-state index contributed by atoms with van der Waals surface area (Å²) in [5, 5.41) is 14.9. The van der Waals surface area contributed by atoms with Gasteiger partial charge in [0.1, 0.15) is 0 Å². The summed E-state index contributed by atoms with van der Waals surface area (Å²) in [6.07, 6.45) is 0.851. The first-order valence-electron chi connectivity index (χ1n) is 5.89. The Morgan fingerprint density at radius 3 is 2.67 bits per heavy atom. The van der Waals surface area contributed by atoms with E-state index in [9.17, 15) is 5.11 Å². The van der Waals surface area contributed by atoms with E-state index >= 15 is 0 Å². The molecule has 96 valence electrons. The van der Waals surface area contributed by atoms with Crippen LogP contribution in [0, 0.1) is 0 Å². The number of thiophene rings is 1. The van der Waals surface area contributed by atoms with E-state index in [1.165, 1.54) is 10.4 Å². The zero-order chi connectivity index (χ0) is 12.8. The van der Waals surface area contributed by atoms with Crippen molar-refractivity contribution in [1.29, 1.82) is 0 Å². The van der Waals surface area contributed by atoms with Crippen LogP contribution in [0.5, 0.6) is 0 Å². The summed E-state index contributed by atoms with van der Waals surface area (Å²) in [6.45, 7) is 0.954. The molecule has 2 aromatic rings. The lowest BCUT2D eigenvalue weighted by Gasteiger charge is -2.15. The van der Waals surface area contributed by atoms with Crippen molar-refractivity contribution in [2.24, 2.45) is 0 Å². The van der Waals surface area contributed by atoms with E-state index in [2.05, 4.69) is 44.8 Å². The van der Waals surface area contributed by atoms with Gasteiger partial charge in [0.2, 0.25) is 0 Å². The molecule has 0 saturated carbocycles. The second-order valence-corrected chi connectivity index (χ2v) is 6.09. The molecule has 0 aliphatic rings. The third kappa shape index (κ3) is 4.21. The number of aliphatic hydroxyl groups excluding tert-OH is 1. The Bertz CT molecular complexity index is 472. The molecule has 0 radical (unpaired) electrons. The Morgan fingerprint density at radius 1 is 1.28 bits per heavy atom. The lowest BCUT2D eigenvalue weighted by atomic mass is 10.1. The number of benzene rings is 1. The summed E-state index contributed by atoms with van der Waals surface area (Å²) in [6, 6.07) is 12.5. The highest BCUT2D eigenvalue weighted by atomic mass is 79.9. The average Bonchev–Trinajstić information content (AvgIpc) is 2.81. The van der Waals surface area contributed by atoms with Gasteiger partial charge in [-0.15, -0.1) is 11.3 Å². The molecule has 2 nitrogen and oxygen atoms in total. The molecule has 2 rings (SSSR count). The summed E-state index contributed by atoms with van der Waals surface area (Å²) < 4.78 is 1.12. The molecule has 0 saturated heterocycles. The van der Waals surface area contributed by atoms with Crippen LogP contribution in [-0.4, -0.2) is 17.8 Å². The Kier molecular flexibility index (Phi) is 5.38. The maximum absolute atomic E-state index is 9.40. The first kappa shape index (κ1) is 13.7. The second kappa shape index (κ2) is 7.04. The summed E-state index contributed by atoms with van der Waals surface area (Å²) in [7, 11) is 0. The van der Waals surface area contributed by atoms with Crippen LogP contribution >= 0.6 is 27.3 Å². The van der Waals surface area contributed by atoms with Crippen LogP contribution in [0.25, 0.3) is 0 Å². The van der Waals surface area contributed by atoms with Crippen molar-refractivity contribution < 1.29 is 5.11 Å². The van der Waals surface area contributed by atoms with Gasteiger partial charge in [0, 0.05) is 27.3 Å². The molecule has 4 heteroatoms. The summed E-state index contributed by atoms with van der Waals surface area (Å²) in [5.74, 6) is 0. The SMILES string of the molecule is OCC(Cc1ccccc1)NCc1cc(Br)cs1. The number of nitrogens with one attached hydrogen (secondary N) is 1. The van der Waals surface area contributed by atoms with Crippen molar-refractivity contribution in [2.45, 2.75) is 19.0 Å². The fourth-order valence-electron chi connectivity index (χ4n) is 1.79. The van der Waals surface area contributed by atoms with Crippen LogP contribution in [0.1, 0.15) is 10.4 Å². The predicted octanol–water partition coefficient (Wildman–Crippen LogP) is 3.20. The van der Waals surface area contributed by atoms with E-state index in [0.29, 0.717) is 0 Å². The van der Waals surface area contributed by atoms with E-state index in [-0.39, 0.29) is 12.6 Å². The molecular formula is C14H16BrNOS. The van der Waals surface area contributed by atoms with Crippen LogP contribution in [0.3, 0.4) is 0 Å². The molecule has 1 aromatic carbocycles. The van der Waals surface area contributed by atoms with E-state index in [4.69, 9.17) is 0 Å². The molecule has 1 aromatic heterocycles. The molecule has 0 aliphatic carbocycles. The zero-order valence-electron chi connectivity index (χ0n) is 9.97. The monoisotopic (exact) mass is 325 g/mol. The van der Waals surface area contributed by atoms with Gasteiger partial charge in [-0.25, -0.2) is 0 Å². The van der Waals surface area contributed by atoms with E-state index < -0.39 is 0 Å². The van der Waals surface area contributed by atoms with Crippen molar-refractivity contribution >= 4 is 27.3 Å². The Balaban J connectivity index is 1.86. The highest BCUT2D eigenvalue weighted by molar-refractivity contribution is 9.10. The van der Waals surface area contributed by atoms with Crippen molar-refractivity contribution in [3.8, 4) is 0 Å². The highest BCUT2D eigenvalue weighted by Crippen LogP contribution is 2.19. The third-order valence-corrected chi connectivity index (χ3v) is 4.43. The topological polar surface area (TPSA) is 32.3 Å². The standard InChI is InChI=1S/C14H16BrNOS/c15-12-7-14(18-10-12)8-16-13(9-17)6-11-4-2-1-3-5-11/h1-5,7,10,13,16-17H,6,8-9H2. The average molecular weight is 326 g/mol. The molecule has 0 amide bonds. The van der Waals surface area contributed by atoms with Crippen molar-refractivity contribution in [1.82, 2.24) is 5.32 Å². The Morgan fingerprint density at radius 2 is 2.06 bits per heavy atom. The minimum atomic E-state index is 0.105. The number of hydrogen-bond donors (Lipinski definition) is 2. The number of hydrogen-bond acceptors (Lipinski definition) is 3. The minimum absolute atomic E-state index is 0.105. The molecule has 1 atom stereocenters. The van der Waals surface area contributed by atoms with Gasteiger partial charge in [-0.1, -0.05) is 30.3 Å². The van der Waals surface area contributed by atoms with Crippen molar-refractivity contribution in [3.05, 3.63) is 56.7 Å². The number of rotatable bonds is 6. The Hall–Kier alpha value is -0.680. The fourth-order valence-corrected chi connectivity index (χ4v) is 3.19. The second-order valence-electron chi connectivity index (χ2n) is 4.18. The maximum atomic E-state index is 9.40. The summed E-state index contributed by atoms with van der Waals surface area (Å²) in [5.41, 5.74) is 1.25. The van der Waals surface area contributed by atoms with Gasteiger partial charge in [-0.05, 0) is 34.0 Å². The highest BCUT2D eigenvalue weighted by Gasteiger charge is 2.08. The molecule has 0 spiro atoms. The van der Waals surface area contributed by atoms with Crippen LogP contribution < -0.4 is 5.32 Å². The fraction of sp³-hybridized carbons (Fsp3) is 0.286.